The molecule has 0 aliphatic carbocycles. The van der Waals surface area contributed by atoms with Crippen molar-refractivity contribution in [2.45, 2.75) is 0 Å². The summed E-state index contributed by atoms with van der Waals surface area (Å²) >= 11 is 3.27. The summed E-state index contributed by atoms with van der Waals surface area (Å²) in [5.41, 5.74) is 2.28. The molecule has 7 nitrogen and oxygen atoms in total. The molecule has 5 heterocycles. The average Bonchev–Trinajstić information content (AvgIpc) is 3.53. The quantitative estimate of drug-likeness (QED) is 0.488. The molecule has 0 N–H and O–H groups in total. The molecule has 1 fully saturated rings. The standard InChI is InChI=1S/C21H18N6OS2/c28-20(15-4-1-7-22-14-15)26-8-10-27(11-9-26)21-23-18(16-5-2-12-29-16)19(24-25-21)17-6-3-13-30-17/h1-7,12-14H,8-11H2. The van der Waals surface area contributed by atoms with Gasteiger partial charge in [-0.25, -0.2) is 4.98 Å². The number of pyridine rings is 1. The smallest absolute Gasteiger partial charge is 0.255 e. The summed E-state index contributed by atoms with van der Waals surface area (Å²) in [4.78, 5) is 27.6. The van der Waals surface area contributed by atoms with Crippen LogP contribution in [0.5, 0.6) is 0 Å². The summed E-state index contributed by atoms with van der Waals surface area (Å²) in [5.74, 6) is 0.612. The molecule has 4 aromatic heterocycles. The molecule has 150 valence electrons. The highest BCUT2D eigenvalue weighted by atomic mass is 32.1. The Morgan fingerprint density at radius 2 is 1.60 bits per heavy atom. The molecule has 0 aromatic carbocycles. The van der Waals surface area contributed by atoms with Crippen molar-refractivity contribution >= 4 is 34.5 Å². The van der Waals surface area contributed by atoms with E-state index in [-0.39, 0.29) is 5.91 Å². The molecule has 0 radical (unpaired) electrons. The summed E-state index contributed by atoms with van der Waals surface area (Å²) in [5, 5.41) is 13.0. The third kappa shape index (κ3) is 3.69. The van der Waals surface area contributed by atoms with E-state index < -0.39 is 0 Å². The molecule has 30 heavy (non-hydrogen) atoms. The number of aromatic nitrogens is 4. The lowest BCUT2D eigenvalue weighted by Crippen LogP contribution is -2.49. The fourth-order valence-corrected chi connectivity index (χ4v) is 4.82. The van der Waals surface area contributed by atoms with Crippen LogP contribution in [0.25, 0.3) is 21.1 Å². The first-order chi connectivity index (χ1) is 14.8. The van der Waals surface area contributed by atoms with Crippen LogP contribution in [-0.4, -0.2) is 57.2 Å². The molecule has 0 atom stereocenters. The minimum atomic E-state index is 0.00844. The van der Waals surface area contributed by atoms with Crippen LogP contribution in [-0.2, 0) is 0 Å². The molecule has 1 aliphatic heterocycles. The third-order valence-electron chi connectivity index (χ3n) is 4.94. The highest BCUT2D eigenvalue weighted by molar-refractivity contribution is 7.14. The number of amides is 1. The van der Waals surface area contributed by atoms with Crippen molar-refractivity contribution in [2.24, 2.45) is 0 Å². The summed E-state index contributed by atoms with van der Waals surface area (Å²) in [6.45, 7) is 2.54. The van der Waals surface area contributed by atoms with Gasteiger partial charge in [0.15, 0.2) is 0 Å². The van der Waals surface area contributed by atoms with Crippen LogP contribution in [0.15, 0.2) is 59.6 Å². The maximum atomic E-state index is 12.7. The van der Waals surface area contributed by atoms with Crippen LogP contribution in [0.1, 0.15) is 10.4 Å². The average molecular weight is 435 g/mol. The Hall–Kier alpha value is -3.17. The topological polar surface area (TPSA) is 75.1 Å². The van der Waals surface area contributed by atoms with Gasteiger partial charge in [0, 0.05) is 38.6 Å². The summed E-state index contributed by atoms with van der Waals surface area (Å²) in [6.07, 6.45) is 3.28. The molecule has 9 heteroatoms. The van der Waals surface area contributed by atoms with Crippen LogP contribution >= 0.6 is 22.7 Å². The number of nitrogens with zero attached hydrogens (tertiary/aromatic N) is 6. The zero-order chi connectivity index (χ0) is 20.3. The van der Waals surface area contributed by atoms with Crippen molar-refractivity contribution in [1.82, 2.24) is 25.1 Å². The van der Waals surface area contributed by atoms with Gasteiger partial charge in [0.25, 0.3) is 5.91 Å². The van der Waals surface area contributed by atoms with Gasteiger partial charge >= 0.3 is 0 Å². The van der Waals surface area contributed by atoms with Gasteiger partial charge in [-0.15, -0.1) is 32.9 Å². The number of hydrogen-bond donors (Lipinski definition) is 0. The second-order valence-corrected chi connectivity index (χ2v) is 8.68. The number of carbonyl (C=O) groups excluding carboxylic acids is 1. The molecular formula is C21H18N6OS2. The Morgan fingerprint density at radius 3 is 2.23 bits per heavy atom. The molecular weight excluding hydrogens is 416 g/mol. The van der Waals surface area contributed by atoms with E-state index in [0.29, 0.717) is 37.7 Å². The Morgan fingerprint density at radius 1 is 0.867 bits per heavy atom. The molecule has 4 aromatic rings. The third-order valence-corrected chi connectivity index (χ3v) is 6.70. The van der Waals surface area contributed by atoms with E-state index in [1.165, 1.54) is 0 Å². The first-order valence-electron chi connectivity index (χ1n) is 9.56. The predicted octanol–water partition coefficient (Wildman–Crippen LogP) is 3.69. The number of rotatable bonds is 4. The fraction of sp³-hybridized carbons (Fsp3) is 0.190. The van der Waals surface area contributed by atoms with E-state index >= 15 is 0 Å². The zero-order valence-electron chi connectivity index (χ0n) is 16.0. The van der Waals surface area contributed by atoms with Crippen molar-refractivity contribution in [3.05, 3.63) is 65.1 Å². The van der Waals surface area contributed by atoms with E-state index in [1.807, 2.05) is 33.9 Å². The minimum absolute atomic E-state index is 0.00844. The highest BCUT2D eigenvalue weighted by Crippen LogP contribution is 2.34. The van der Waals surface area contributed by atoms with E-state index in [9.17, 15) is 4.79 Å². The van der Waals surface area contributed by atoms with Crippen LogP contribution < -0.4 is 4.90 Å². The predicted molar refractivity (Wildman–Crippen MR) is 119 cm³/mol. The first-order valence-corrected chi connectivity index (χ1v) is 11.3. The Balaban J connectivity index is 1.37. The molecule has 1 aliphatic rings. The molecule has 5 rings (SSSR count). The number of anilines is 1. The first kappa shape index (κ1) is 18.8. The van der Waals surface area contributed by atoms with Crippen LogP contribution in [0.3, 0.4) is 0 Å². The van der Waals surface area contributed by atoms with Gasteiger partial charge in [-0.05, 0) is 35.0 Å². The van der Waals surface area contributed by atoms with Crippen molar-refractivity contribution in [3.63, 3.8) is 0 Å². The highest BCUT2D eigenvalue weighted by Gasteiger charge is 2.25. The minimum Gasteiger partial charge on any atom is -0.336 e. The zero-order valence-corrected chi connectivity index (χ0v) is 17.6. The SMILES string of the molecule is O=C(c1cccnc1)N1CCN(c2nnc(-c3cccs3)c(-c3cccs3)n2)CC1. The lowest BCUT2D eigenvalue weighted by Gasteiger charge is -2.34. The van der Waals surface area contributed by atoms with E-state index in [0.717, 1.165) is 21.1 Å². The van der Waals surface area contributed by atoms with Gasteiger partial charge in [0.05, 0.1) is 15.3 Å². The largest absolute Gasteiger partial charge is 0.336 e. The summed E-state index contributed by atoms with van der Waals surface area (Å²) in [6, 6.07) is 11.7. The van der Waals surface area contributed by atoms with Crippen LogP contribution in [0.2, 0.25) is 0 Å². The van der Waals surface area contributed by atoms with Gasteiger partial charge in [-0.2, -0.15) is 0 Å². The molecule has 0 bridgehead atoms. The second-order valence-electron chi connectivity index (χ2n) is 6.78. The summed E-state index contributed by atoms with van der Waals surface area (Å²) < 4.78 is 0. The maximum absolute atomic E-state index is 12.7. The van der Waals surface area contributed by atoms with E-state index in [1.54, 1.807) is 47.2 Å². The lowest BCUT2D eigenvalue weighted by molar-refractivity contribution is 0.0745. The molecule has 0 spiro atoms. The van der Waals surface area contributed by atoms with Crippen LogP contribution in [0.4, 0.5) is 5.95 Å². The van der Waals surface area contributed by atoms with E-state index in [2.05, 4.69) is 26.1 Å². The lowest BCUT2D eigenvalue weighted by atomic mass is 10.2. The van der Waals surface area contributed by atoms with Crippen molar-refractivity contribution in [2.75, 3.05) is 31.1 Å². The van der Waals surface area contributed by atoms with Crippen LogP contribution in [0, 0.1) is 0 Å². The van der Waals surface area contributed by atoms with Gasteiger partial charge < -0.3 is 9.80 Å². The van der Waals surface area contributed by atoms with Crippen molar-refractivity contribution < 1.29 is 4.79 Å². The van der Waals surface area contributed by atoms with Gasteiger partial charge in [0.1, 0.15) is 11.4 Å². The van der Waals surface area contributed by atoms with Crippen molar-refractivity contribution in [1.29, 1.82) is 0 Å². The number of thiophene rings is 2. The molecule has 0 unspecified atom stereocenters. The number of hydrogen-bond acceptors (Lipinski definition) is 8. The van der Waals surface area contributed by atoms with Crippen molar-refractivity contribution in [3.8, 4) is 21.1 Å². The number of piperazine rings is 1. The second kappa shape index (κ2) is 8.29. The molecule has 0 saturated carbocycles. The Kier molecular flexibility index (Phi) is 5.20. The fourth-order valence-electron chi connectivity index (χ4n) is 3.40. The van der Waals surface area contributed by atoms with Gasteiger partial charge in [0.2, 0.25) is 5.95 Å². The Bertz CT molecular complexity index is 1120. The summed E-state index contributed by atoms with van der Waals surface area (Å²) in [7, 11) is 0. The Labute approximate surface area is 181 Å². The number of carbonyl (C=O) groups is 1. The molecule has 1 saturated heterocycles. The molecule has 1 amide bonds. The maximum Gasteiger partial charge on any atom is 0.255 e. The monoisotopic (exact) mass is 434 g/mol. The van der Waals surface area contributed by atoms with Gasteiger partial charge in [-0.1, -0.05) is 12.1 Å². The normalized spacial score (nSPS) is 14.1. The van der Waals surface area contributed by atoms with E-state index in [4.69, 9.17) is 4.98 Å². The van der Waals surface area contributed by atoms with Gasteiger partial charge in [-0.3, -0.25) is 9.78 Å².